The van der Waals surface area contributed by atoms with Gasteiger partial charge in [0.25, 0.3) is 0 Å². The number of likely N-dealkylation sites (tertiary alicyclic amines) is 1. The Labute approximate surface area is 86.9 Å². The zero-order valence-corrected chi connectivity index (χ0v) is 9.27. The van der Waals surface area contributed by atoms with Crippen molar-refractivity contribution in [1.82, 2.24) is 10.2 Å². The van der Waals surface area contributed by atoms with E-state index in [-0.39, 0.29) is 6.67 Å². The van der Waals surface area contributed by atoms with E-state index in [0.717, 1.165) is 19.0 Å². The van der Waals surface area contributed by atoms with Crippen LogP contribution in [0.1, 0.15) is 25.7 Å². The maximum atomic E-state index is 12.0. The Bertz CT molecular complexity index is 117. The largest absolute Gasteiger partial charge is 0.320 e. The molecule has 0 aromatic heterocycles. The zero-order valence-electron chi connectivity index (χ0n) is 9.27. The number of piperidine rings is 1. The number of halogens is 1. The maximum Gasteiger partial charge on any atom is 0.0906 e. The molecule has 14 heavy (non-hydrogen) atoms. The first-order valence-corrected chi connectivity index (χ1v) is 5.79. The highest BCUT2D eigenvalue weighted by Gasteiger charge is 2.17. The second-order valence-corrected chi connectivity index (χ2v) is 4.22. The van der Waals surface area contributed by atoms with Gasteiger partial charge in [-0.3, -0.25) is 4.39 Å². The fourth-order valence-electron chi connectivity index (χ4n) is 2.13. The standard InChI is InChI=1S/C11H23FN2/c1-13-7-3-11-4-9-14(10-5-11)8-2-6-12/h11,13H,2-10H2,1H3. The van der Waals surface area contributed by atoms with Gasteiger partial charge >= 0.3 is 0 Å². The summed E-state index contributed by atoms with van der Waals surface area (Å²) in [6.45, 7) is 4.27. The normalized spacial score (nSPS) is 20.1. The van der Waals surface area contributed by atoms with Gasteiger partial charge in [0.1, 0.15) is 0 Å². The molecule has 3 heteroatoms. The van der Waals surface area contributed by atoms with Crippen LogP contribution in [0.4, 0.5) is 4.39 Å². The average molecular weight is 202 g/mol. The van der Waals surface area contributed by atoms with Gasteiger partial charge in [-0.05, 0) is 58.3 Å². The summed E-state index contributed by atoms with van der Waals surface area (Å²) in [5.74, 6) is 0.893. The van der Waals surface area contributed by atoms with Crippen molar-refractivity contribution in [3.05, 3.63) is 0 Å². The van der Waals surface area contributed by atoms with Crippen LogP contribution in [0.2, 0.25) is 0 Å². The monoisotopic (exact) mass is 202 g/mol. The molecule has 0 bridgehead atoms. The number of rotatable bonds is 6. The van der Waals surface area contributed by atoms with Crippen LogP contribution in [0.15, 0.2) is 0 Å². The van der Waals surface area contributed by atoms with Gasteiger partial charge in [0.05, 0.1) is 6.67 Å². The number of hydrogen-bond donors (Lipinski definition) is 1. The molecule has 1 N–H and O–H groups in total. The Balaban J connectivity index is 2.05. The summed E-state index contributed by atoms with van der Waals surface area (Å²) < 4.78 is 12.0. The van der Waals surface area contributed by atoms with Gasteiger partial charge < -0.3 is 10.2 Å². The molecule has 1 fully saturated rings. The van der Waals surface area contributed by atoms with Crippen molar-refractivity contribution in [2.45, 2.75) is 25.7 Å². The molecule has 0 saturated carbocycles. The lowest BCUT2D eigenvalue weighted by molar-refractivity contribution is 0.173. The summed E-state index contributed by atoms with van der Waals surface area (Å²) in [5.41, 5.74) is 0. The third-order valence-corrected chi connectivity index (χ3v) is 3.12. The molecule has 0 aromatic carbocycles. The van der Waals surface area contributed by atoms with E-state index in [1.807, 2.05) is 7.05 Å². The average Bonchev–Trinajstić information content (AvgIpc) is 2.25. The zero-order chi connectivity index (χ0) is 10.2. The third-order valence-electron chi connectivity index (χ3n) is 3.12. The van der Waals surface area contributed by atoms with Crippen LogP contribution in [0.3, 0.4) is 0 Å². The van der Waals surface area contributed by atoms with Gasteiger partial charge in [0.2, 0.25) is 0 Å². The molecule has 0 unspecified atom stereocenters. The van der Waals surface area contributed by atoms with Crippen molar-refractivity contribution in [3.63, 3.8) is 0 Å². The quantitative estimate of drug-likeness (QED) is 0.705. The lowest BCUT2D eigenvalue weighted by Gasteiger charge is -2.31. The fourth-order valence-corrected chi connectivity index (χ4v) is 2.13. The molecule has 2 nitrogen and oxygen atoms in total. The van der Waals surface area contributed by atoms with Crippen LogP contribution in [0.5, 0.6) is 0 Å². The Morgan fingerprint density at radius 3 is 2.64 bits per heavy atom. The lowest BCUT2D eigenvalue weighted by Crippen LogP contribution is -2.35. The van der Waals surface area contributed by atoms with Gasteiger partial charge in [-0.25, -0.2) is 0 Å². The SMILES string of the molecule is CNCCC1CCN(CCCF)CC1. The summed E-state index contributed by atoms with van der Waals surface area (Å²) >= 11 is 0. The first-order valence-electron chi connectivity index (χ1n) is 5.79. The van der Waals surface area contributed by atoms with E-state index in [1.165, 1.54) is 32.4 Å². The minimum Gasteiger partial charge on any atom is -0.320 e. The first-order chi connectivity index (χ1) is 6.86. The molecular formula is C11H23FN2. The van der Waals surface area contributed by atoms with E-state index >= 15 is 0 Å². The second-order valence-electron chi connectivity index (χ2n) is 4.22. The highest BCUT2D eigenvalue weighted by molar-refractivity contribution is 4.72. The van der Waals surface area contributed by atoms with Crippen LogP contribution < -0.4 is 5.32 Å². The van der Waals surface area contributed by atoms with E-state index in [4.69, 9.17) is 0 Å². The van der Waals surface area contributed by atoms with E-state index in [0.29, 0.717) is 6.42 Å². The van der Waals surface area contributed by atoms with Gasteiger partial charge in [0, 0.05) is 6.54 Å². The van der Waals surface area contributed by atoms with E-state index in [2.05, 4.69) is 10.2 Å². The molecule has 0 amide bonds. The molecule has 0 atom stereocenters. The molecule has 84 valence electrons. The molecule has 0 aromatic rings. The van der Waals surface area contributed by atoms with Crippen LogP contribution in [-0.2, 0) is 0 Å². The second kappa shape index (κ2) is 7.18. The van der Waals surface area contributed by atoms with E-state index in [1.54, 1.807) is 0 Å². The minimum atomic E-state index is -0.167. The fraction of sp³-hybridized carbons (Fsp3) is 1.00. The summed E-state index contributed by atoms with van der Waals surface area (Å²) in [6.07, 6.45) is 4.61. The molecule has 0 aliphatic carbocycles. The predicted molar refractivity (Wildman–Crippen MR) is 58.3 cm³/mol. The maximum absolute atomic E-state index is 12.0. The Kier molecular flexibility index (Phi) is 6.12. The predicted octanol–water partition coefficient (Wildman–Crippen LogP) is 1.67. The van der Waals surface area contributed by atoms with Crippen LogP contribution >= 0.6 is 0 Å². The number of nitrogens with one attached hydrogen (secondary N) is 1. The van der Waals surface area contributed by atoms with E-state index in [9.17, 15) is 4.39 Å². The van der Waals surface area contributed by atoms with Crippen LogP contribution in [-0.4, -0.2) is 44.8 Å². The van der Waals surface area contributed by atoms with Gasteiger partial charge in [0.15, 0.2) is 0 Å². The van der Waals surface area contributed by atoms with Gasteiger partial charge in [-0.15, -0.1) is 0 Å². The molecular weight excluding hydrogens is 179 g/mol. The van der Waals surface area contributed by atoms with Crippen molar-refractivity contribution in [2.24, 2.45) is 5.92 Å². The molecule has 1 aliphatic heterocycles. The molecule has 1 rings (SSSR count). The van der Waals surface area contributed by atoms with Crippen LogP contribution in [0, 0.1) is 5.92 Å². The minimum absolute atomic E-state index is 0.167. The van der Waals surface area contributed by atoms with Gasteiger partial charge in [-0.1, -0.05) is 0 Å². The summed E-state index contributed by atoms with van der Waals surface area (Å²) in [4.78, 5) is 2.40. The Hall–Kier alpha value is -0.150. The van der Waals surface area contributed by atoms with Crippen molar-refractivity contribution < 1.29 is 4.39 Å². The van der Waals surface area contributed by atoms with Gasteiger partial charge in [-0.2, -0.15) is 0 Å². The van der Waals surface area contributed by atoms with Crippen LogP contribution in [0.25, 0.3) is 0 Å². The smallest absolute Gasteiger partial charge is 0.0906 e. The van der Waals surface area contributed by atoms with Crippen molar-refractivity contribution in [3.8, 4) is 0 Å². The van der Waals surface area contributed by atoms with E-state index < -0.39 is 0 Å². The Morgan fingerprint density at radius 1 is 1.36 bits per heavy atom. The Morgan fingerprint density at radius 2 is 2.07 bits per heavy atom. The number of alkyl halides is 1. The molecule has 1 heterocycles. The van der Waals surface area contributed by atoms with Crippen molar-refractivity contribution in [2.75, 3.05) is 39.9 Å². The highest BCUT2D eigenvalue weighted by Crippen LogP contribution is 2.19. The van der Waals surface area contributed by atoms with Crippen molar-refractivity contribution in [1.29, 1.82) is 0 Å². The first kappa shape index (κ1) is 11.9. The molecule has 0 spiro atoms. The number of hydrogen-bond acceptors (Lipinski definition) is 2. The summed E-state index contributed by atoms with van der Waals surface area (Å²) in [7, 11) is 2.01. The summed E-state index contributed by atoms with van der Waals surface area (Å²) in [5, 5.41) is 3.20. The molecule has 0 radical (unpaired) electrons. The molecule has 1 aliphatic rings. The summed E-state index contributed by atoms with van der Waals surface area (Å²) in [6, 6.07) is 0. The lowest BCUT2D eigenvalue weighted by atomic mass is 9.93. The molecule has 1 saturated heterocycles. The third kappa shape index (κ3) is 4.38. The van der Waals surface area contributed by atoms with Crippen molar-refractivity contribution >= 4 is 0 Å². The topological polar surface area (TPSA) is 15.3 Å². The highest BCUT2D eigenvalue weighted by atomic mass is 19.1. The number of nitrogens with zero attached hydrogens (tertiary/aromatic N) is 1.